The Hall–Kier alpha value is -2.61. The number of rotatable bonds is 5. The molecule has 138 valence electrons. The molecule has 1 aromatic heterocycles. The van der Waals surface area contributed by atoms with Gasteiger partial charge in [-0.25, -0.2) is 9.37 Å². The molecule has 1 aliphatic rings. The highest BCUT2D eigenvalue weighted by Crippen LogP contribution is 2.25. The number of carbonyl (C=O) groups excluding carboxylic acids is 2. The second-order valence-corrected chi connectivity index (χ2v) is 6.21. The number of hydrogen-bond donors (Lipinski definition) is 2. The summed E-state index contributed by atoms with van der Waals surface area (Å²) in [5, 5.41) is 5.52. The maximum Gasteiger partial charge on any atom is 0.273 e. The van der Waals surface area contributed by atoms with Gasteiger partial charge >= 0.3 is 0 Å². The van der Waals surface area contributed by atoms with Crippen molar-refractivity contribution in [2.24, 2.45) is 0 Å². The van der Waals surface area contributed by atoms with Gasteiger partial charge in [0.25, 0.3) is 5.91 Å². The van der Waals surface area contributed by atoms with Gasteiger partial charge in [0.15, 0.2) is 12.3 Å². The molecule has 2 aromatic rings. The van der Waals surface area contributed by atoms with E-state index in [4.69, 9.17) is 20.8 Å². The summed E-state index contributed by atoms with van der Waals surface area (Å²) >= 11 is 5.87. The van der Waals surface area contributed by atoms with Crippen LogP contribution >= 0.6 is 11.6 Å². The van der Waals surface area contributed by atoms with E-state index in [0.29, 0.717) is 13.0 Å². The van der Waals surface area contributed by atoms with Gasteiger partial charge in [0.1, 0.15) is 23.9 Å². The van der Waals surface area contributed by atoms with Crippen LogP contribution in [0.3, 0.4) is 0 Å². The lowest BCUT2D eigenvalue weighted by Gasteiger charge is -2.13. The summed E-state index contributed by atoms with van der Waals surface area (Å²) < 4.78 is 23.6. The molecule has 2 heterocycles. The second kappa shape index (κ2) is 8.18. The van der Waals surface area contributed by atoms with Gasteiger partial charge in [-0.15, -0.1) is 0 Å². The number of halogens is 2. The lowest BCUT2D eigenvalue weighted by molar-refractivity contribution is -0.122. The van der Waals surface area contributed by atoms with Gasteiger partial charge < -0.3 is 19.8 Å². The van der Waals surface area contributed by atoms with E-state index >= 15 is 0 Å². The number of oxazole rings is 1. The summed E-state index contributed by atoms with van der Waals surface area (Å²) in [6, 6.07) is 3.15. The van der Waals surface area contributed by atoms with Crippen LogP contribution in [0.15, 0.2) is 28.9 Å². The molecule has 1 atom stereocenters. The fourth-order valence-electron chi connectivity index (χ4n) is 2.52. The van der Waals surface area contributed by atoms with E-state index in [1.165, 1.54) is 18.4 Å². The highest BCUT2D eigenvalue weighted by Gasteiger charge is 2.24. The minimum Gasteiger partial charge on any atom is -0.482 e. The Kier molecular flexibility index (Phi) is 5.72. The maximum atomic E-state index is 13.0. The van der Waals surface area contributed by atoms with E-state index < -0.39 is 17.8 Å². The first-order valence-corrected chi connectivity index (χ1v) is 8.51. The Morgan fingerprint density at radius 1 is 1.46 bits per heavy atom. The molecule has 1 fully saturated rings. The Labute approximate surface area is 153 Å². The minimum absolute atomic E-state index is 0.0471. The molecule has 9 heteroatoms. The van der Waals surface area contributed by atoms with Gasteiger partial charge in [0.2, 0.25) is 11.8 Å². The quantitative estimate of drug-likeness (QED) is 0.829. The van der Waals surface area contributed by atoms with Crippen molar-refractivity contribution in [3.05, 3.63) is 46.9 Å². The highest BCUT2D eigenvalue weighted by molar-refractivity contribution is 6.32. The maximum absolute atomic E-state index is 13.0. The Bertz CT molecular complexity index is 811. The van der Waals surface area contributed by atoms with Gasteiger partial charge in [-0.3, -0.25) is 9.59 Å². The molecular weight excluding hydrogens is 365 g/mol. The SMILES string of the molecule is O=C(N[C@H]1CCCCNC1=O)c1coc(COc2ccc(F)cc2Cl)n1. The number of aromatic nitrogens is 1. The number of carbonyl (C=O) groups is 2. The molecule has 7 nitrogen and oxygen atoms in total. The fraction of sp³-hybridized carbons (Fsp3) is 0.353. The molecule has 1 aliphatic heterocycles. The molecule has 0 radical (unpaired) electrons. The summed E-state index contributed by atoms with van der Waals surface area (Å²) in [7, 11) is 0. The van der Waals surface area contributed by atoms with E-state index in [-0.39, 0.29) is 34.9 Å². The molecule has 0 bridgehead atoms. The monoisotopic (exact) mass is 381 g/mol. The van der Waals surface area contributed by atoms with Crippen molar-refractivity contribution >= 4 is 23.4 Å². The van der Waals surface area contributed by atoms with Crippen LogP contribution in [0, 0.1) is 5.82 Å². The van der Waals surface area contributed by atoms with Crippen LogP contribution in [-0.2, 0) is 11.4 Å². The molecule has 0 spiro atoms. The van der Waals surface area contributed by atoms with Crippen molar-refractivity contribution in [2.45, 2.75) is 31.9 Å². The first kappa shape index (κ1) is 18.2. The molecule has 3 rings (SSSR count). The molecular formula is C17H17ClFN3O4. The number of benzene rings is 1. The summed E-state index contributed by atoms with van der Waals surface area (Å²) in [6.07, 6.45) is 3.50. The van der Waals surface area contributed by atoms with Gasteiger partial charge in [-0.1, -0.05) is 11.6 Å². The van der Waals surface area contributed by atoms with Crippen molar-refractivity contribution in [1.82, 2.24) is 15.6 Å². The molecule has 26 heavy (non-hydrogen) atoms. The summed E-state index contributed by atoms with van der Waals surface area (Å²) in [4.78, 5) is 28.1. The second-order valence-electron chi connectivity index (χ2n) is 5.80. The van der Waals surface area contributed by atoms with E-state index in [9.17, 15) is 14.0 Å². The minimum atomic E-state index is -0.584. The molecule has 0 saturated carbocycles. The Balaban J connectivity index is 1.58. The van der Waals surface area contributed by atoms with Crippen molar-refractivity contribution in [3.63, 3.8) is 0 Å². The fourth-order valence-corrected chi connectivity index (χ4v) is 2.74. The number of nitrogens with one attached hydrogen (secondary N) is 2. The van der Waals surface area contributed by atoms with Gasteiger partial charge in [-0.05, 0) is 37.5 Å². The molecule has 1 saturated heterocycles. The van der Waals surface area contributed by atoms with Crippen LogP contribution in [-0.4, -0.2) is 29.4 Å². The highest BCUT2D eigenvalue weighted by atomic mass is 35.5. The predicted molar refractivity (Wildman–Crippen MR) is 90.4 cm³/mol. The number of ether oxygens (including phenoxy) is 1. The van der Waals surface area contributed by atoms with E-state index in [1.807, 2.05) is 0 Å². The summed E-state index contributed by atoms with van der Waals surface area (Å²) in [5.74, 6) is -0.746. The van der Waals surface area contributed by atoms with E-state index in [0.717, 1.165) is 18.9 Å². The van der Waals surface area contributed by atoms with Crippen LogP contribution < -0.4 is 15.4 Å². The van der Waals surface area contributed by atoms with Crippen LogP contribution in [0.4, 0.5) is 4.39 Å². The smallest absolute Gasteiger partial charge is 0.273 e. The normalized spacial score (nSPS) is 17.3. The molecule has 1 aromatic carbocycles. The third-order valence-electron chi connectivity index (χ3n) is 3.87. The zero-order valence-corrected chi connectivity index (χ0v) is 14.5. The van der Waals surface area contributed by atoms with Gasteiger partial charge in [-0.2, -0.15) is 0 Å². The Morgan fingerprint density at radius 2 is 2.31 bits per heavy atom. The first-order valence-electron chi connectivity index (χ1n) is 8.14. The van der Waals surface area contributed by atoms with Crippen LogP contribution in [0.5, 0.6) is 5.75 Å². The molecule has 2 N–H and O–H groups in total. The van der Waals surface area contributed by atoms with Gasteiger partial charge in [0, 0.05) is 6.54 Å². The third kappa shape index (κ3) is 4.51. The zero-order chi connectivity index (χ0) is 18.5. The van der Waals surface area contributed by atoms with E-state index in [2.05, 4.69) is 15.6 Å². The summed E-state index contributed by atoms with van der Waals surface area (Å²) in [6.45, 7) is 0.533. The van der Waals surface area contributed by atoms with Crippen molar-refractivity contribution in [1.29, 1.82) is 0 Å². The van der Waals surface area contributed by atoms with Crippen LogP contribution in [0.1, 0.15) is 35.6 Å². The van der Waals surface area contributed by atoms with Crippen molar-refractivity contribution < 1.29 is 23.1 Å². The standard InChI is InChI=1S/C17H17ClFN3O4/c18-11-7-10(19)4-5-14(11)25-9-15-21-13(8-26-15)17(24)22-12-3-1-2-6-20-16(12)23/h4-5,7-8,12H,1-3,6,9H2,(H,20,23)(H,22,24)/t12-/m0/s1. The lowest BCUT2D eigenvalue weighted by Crippen LogP contribution is -2.45. The topological polar surface area (TPSA) is 93.5 Å². The largest absolute Gasteiger partial charge is 0.482 e. The molecule has 0 aliphatic carbocycles. The van der Waals surface area contributed by atoms with E-state index in [1.54, 1.807) is 0 Å². The number of amides is 2. The number of hydrogen-bond acceptors (Lipinski definition) is 5. The lowest BCUT2D eigenvalue weighted by atomic mass is 10.1. The predicted octanol–water partition coefficient (Wildman–Crippen LogP) is 2.44. The zero-order valence-electron chi connectivity index (χ0n) is 13.8. The third-order valence-corrected chi connectivity index (χ3v) is 4.17. The molecule has 2 amide bonds. The average Bonchev–Trinajstić information content (AvgIpc) is 2.99. The number of nitrogens with zero attached hydrogens (tertiary/aromatic N) is 1. The first-order chi connectivity index (χ1) is 12.5. The van der Waals surface area contributed by atoms with Gasteiger partial charge in [0.05, 0.1) is 5.02 Å². The van der Waals surface area contributed by atoms with Crippen molar-refractivity contribution in [3.8, 4) is 5.75 Å². The summed E-state index contributed by atoms with van der Waals surface area (Å²) in [5.41, 5.74) is 0.0471. The van der Waals surface area contributed by atoms with Crippen molar-refractivity contribution in [2.75, 3.05) is 6.54 Å². The molecule has 0 unspecified atom stereocenters. The Morgan fingerprint density at radius 3 is 3.12 bits per heavy atom. The van der Waals surface area contributed by atoms with Crippen LogP contribution in [0.25, 0.3) is 0 Å². The van der Waals surface area contributed by atoms with Crippen LogP contribution in [0.2, 0.25) is 5.02 Å². The average molecular weight is 382 g/mol.